The summed E-state index contributed by atoms with van der Waals surface area (Å²) in [7, 11) is 0. The van der Waals surface area contributed by atoms with Gasteiger partial charge in [-0.1, -0.05) is 67.1 Å². The van der Waals surface area contributed by atoms with Gasteiger partial charge >= 0.3 is 5.97 Å². The maximum absolute atomic E-state index is 11.1. The van der Waals surface area contributed by atoms with E-state index < -0.39 is 5.97 Å². The van der Waals surface area contributed by atoms with E-state index in [1.807, 2.05) is 18.2 Å². The van der Waals surface area contributed by atoms with Crippen LogP contribution in [0, 0.1) is 17.8 Å². The van der Waals surface area contributed by atoms with Crippen LogP contribution in [0.5, 0.6) is 5.75 Å². The molecule has 4 heteroatoms. The smallest absolute Gasteiger partial charge is 0.328 e. The van der Waals surface area contributed by atoms with Crippen molar-refractivity contribution in [1.29, 1.82) is 0 Å². The average molecular weight is 527 g/mol. The molecule has 7 rings (SSSR count). The van der Waals surface area contributed by atoms with Crippen LogP contribution in [0.1, 0.15) is 67.7 Å². The van der Waals surface area contributed by atoms with Crippen LogP contribution in [0.15, 0.2) is 66.7 Å². The highest BCUT2D eigenvalue weighted by Crippen LogP contribution is 2.62. The molecule has 196 valence electrons. The number of carboxylic acid groups (broad SMARTS) is 1. The van der Waals surface area contributed by atoms with Gasteiger partial charge in [0.25, 0.3) is 0 Å². The van der Waals surface area contributed by atoms with E-state index in [1.165, 1.54) is 55.7 Å². The Hall–Kier alpha value is -3.04. The summed E-state index contributed by atoms with van der Waals surface area (Å²) in [6, 6.07) is 21.1. The number of hydrogen-bond acceptors (Lipinski definition) is 2. The first-order chi connectivity index (χ1) is 18.4. The quantitative estimate of drug-likeness (QED) is 0.298. The topological polar surface area (TPSA) is 46.5 Å². The Bertz CT molecular complexity index is 1340. The van der Waals surface area contributed by atoms with E-state index in [2.05, 4.69) is 49.4 Å². The van der Waals surface area contributed by atoms with E-state index in [1.54, 1.807) is 6.08 Å². The van der Waals surface area contributed by atoms with Gasteiger partial charge in [-0.3, -0.25) is 0 Å². The molecular weight excluding hydrogens is 492 g/mol. The molecule has 0 radical (unpaired) electrons. The van der Waals surface area contributed by atoms with E-state index in [9.17, 15) is 4.79 Å². The minimum absolute atomic E-state index is 0.182. The molecule has 4 saturated carbocycles. The Morgan fingerprint density at radius 3 is 2.32 bits per heavy atom. The molecule has 0 unspecified atom stereocenters. The molecule has 4 aliphatic carbocycles. The van der Waals surface area contributed by atoms with E-state index in [-0.39, 0.29) is 5.41 Å². The molecule has 0 amide bonds. The van der Waals surface area contributed by atoms with Gasteiger partial charge in [0.05, 0.1) is 5.02 Å². The molecule has 0 saturated heterocycles. The van der Waals surface area contributed by atoms with Gasteiger partial charge in [0, 0.05) is 17.2 Å². The van der Waals surface area contributed by atoms with Crippen LogP contribution < -0.4 is 4.74 Å². The second-order valence-corrected chi connectivity index (χ2v) is 12.1. The van der Waals surface area contributed by atoms with Gasteiger partial charge in [-0.25, -0.2) is 4.79 Å². The van der Waals surface area contributed by atoms with Crippen LogP contribution >= 0.6 is 11.6 Å². The Kier molecular flexibility index (Phi) is 6.82. The molecule has 0 spiro atoms. The Labute approximate surface area is 230 Å². The minimum Gasteiger partial charge on any atom is -0.489 e. The molecule has 0 aromatic heterocycles. The maximum atomic E-state index is 11.1. The van der Waals surface area contributed by atoms with Crippen molar-refractivity contribution >= 4 is 23.6 Å². The lowest BCUT2D eigenvalue weighted by atomic mass is 9.48. The fourth-order valence-electron chi connectivity index (χ4n) is 7.95. The molecule has 3 aromatic carbocycles. The van der Waals surface area contributed by atoms with Crippen molar-refractivity contribution in [2.24, 2.45) is 17.8 Å². The van der Waals surface area contributed by atoms with E-state index in [0.29, 0.717) is 11.6 Å². The minimum atomic E-state index is -0.960. The lowest BCUT2D eigenvalue weighted by molar-refractivity contribution is -0.131. The van der Waals surface area contributed by atoms with Crippen molar-refractivity contribution in [2.45, 2.75) is 63.9 Å². The Balaban J connectivity index is 1.41. The van der Waals surface area contributed by atoms with Gasteiger partial charge < -0.3 is 9.84 Å². The fraction of sp³-hybridized carbons (Fsp3) is 0.382. The summed E-state index contributed by atoms with van der Waals surface area (Å²) in [4.78, 5) is 11.1. The fourth-order valence-corrected chi connectivity index (χ4v) is 8.36. The van der Waals surface area contributed by atoms with E-state index >= 15 is 0 Å². The number of halogens is 1. The van der Waals surface area contributed by atoms with Crippen LogP contribution in [0.25, 0.3) is 17.2 Å². The second kappa shape index (κ2) is 10.3. The van der Waals surface area contributed by atoms with Crippen molar-refractivity contribution < 1.29 is 14.6 Å². The number of ether oxygens (including phenoxy) is 1. The molecule has 3 nitrogen and oxygen atoms in total. The molecule has 1 N–H and O–H groups in total. The highest BCUT2D eigenvalue weighted by atomic mass is 35.5. The van der Waals surface area contributed by atoms with Crippen molar-refractivity contribution in [3.05, 3.63) is 94.0 Å². The summed E-state index contributed by atoms with van der Waals surface area (Å²) in [6.07, 6.45) is 11.5. The van der Waals surface area contributed by atoms with Crippen LogP contribution in [-0.4, -0.2) is 11.1 Å². The molecule has 0 atom stereocenters. The normalized spacial score (nSPS) is 25.7. The monoisotopic (exact) mass is 526 g/mol. The number of carbonyl (C=O) groups is 1. The zero-order valence-electron chi connectivity index (χ0n) is 22.0. The SMILES string of the molecule is CCc1c(C=CC(=O)O)ccc(-c2ccc(OCc3ccccc3)c(C34CC5CC(CC(C5)C3)C4)c2)c1Cl. The number of benzene rings is 3. The number of rotatable bonds is 8. The number of carboxylic acids is 1. The second-order valence-electron chi connectivity index (χ2n) is 11.7. The van der Waals surface area contributed by atoms with Crippen LogP contribution in [0.3, 0.4) is 0 Å². The lowest BCUT2D eigenvalue weighted by Gasteiger charge is -2.57. The molecule has 4 aliphatic rings. The molecule has 0 heterocycles. The van der Waals surface area contributed by atoms with Gasteiger partial charge in [0.1, 0.15) is 12.4 Å². The third kappa shape index (κ3) is 4.78. The van der Waals surface area contributed by atoms with E-state index in [4.69, 9.17) is 21.4 Å². The van der Waals surface area contributed by atoms with Gasteiger partial charge in [-0.2, -0.15) is 0 Å². The predicted octanol–water partition coefficient (Wildman–Crippen LogP) is 8.71. The molecule has 3 aromatic rings. The third-order valence-electron chi connectivity index (χ3n) is 9.18. The molecule has 4 bridgehead atoms. The molecule has 38 heavy (non-hydrogen) atoms. The average Bonchev–Trinajstić information content (AvgIpc) is 2.90. The largest absolute Gasteiger partial charge is 0.489 e. The van der Waals surface area contributed by atoms with Crippen LogP contribution in [0.4, 0.5) is 0 Å². The van der Waals surface area contributed by atoms with Crippen molar-refractivity contribution in [3.63, 3.8) is 0 Å². The third-order valence-corrected chi connectivity index (χ3v) is 9.61. The summed E-state index contributed by atoms with van der Waals surface area (Å²) in [6.45, 7) is 2.62. The van der Waals surface area contributed by atoms with Gasteiger partial charge in [-0.15, -0.1) is 0 Å². The first-order valence-electron chi connectivity index (χ1n) is 14.0. The Morgan fingerprint density at radius 1 is 1.00 bits per heavy atom. The van der Waals surface area contributed by atoms with Gasteiger partial charge in [-0.05, 0) is 109 Å². The van der Waals surface area contributed by atoms with Crippen LogP contribution in [0.2, 0.25) is 5.02 Å². The number of aliphatic carboxylic acids is 1. The maximum Gasteiger partial charge on any atom is 0.328 e. The van der Waals surface area contributed by atoms with E-state index in [0.717, 1.165) is 52.2 Å². The van der Waals surface area contributed by atoms with Crippen molar-refractivity contribution in [1.82, 2.24) is 0 Å². The van der Waals surface area contributed by atoms with Crippen molar-refractivity contribution in [3.8, 4) is 16.9 Å². The highest BCUT2D eigenvalue weighted by molar-refractivity contribution is 6.34. The summed E-state index contributed by atoms with van der Waals surface area (Å²) in [5.41, 5.74) is 6.65. The van der Waals surface area contributed by atoms with Gasteiger partial charge in [0.15, 0.2) is 0 Å². The number of hydrogen-bond donors (Lipinski definition) is 1. The lowest BCUT2D eigenvalue weighted by Crippen LogP contribution is -2.48. The summed E-state index contributed by atoms with van der Waals surface area (Å²) >= 11 is 7.00. The first kappa shape index (κ1) is 25.2. The zero-order chi connectivity index (χ0) is 26.3. The standard InChI is InChI=1S/C34H35ClO3/c1-2-28-26(10-13-32(36)37)8-11-29(33(28)35)27-9-12-31(38-21-22-6-4-3-5-7-22)30(17-27)34-18-23-14-24(19-34)16-25(15-23)20-34/h3-13,17,23-25H,2,14-16,18-21H2,1H3,(H,36,37). The first-order valence-corrected chi connectivity index (χ1v) is 14.4. The van der Waals surface area contributed by atoms with Gasteiger partial charge in [0.2, 0.25) is 0 Å². The summed E-state index contributed by atoms with van der Waals surface area (Å²) < 4.78 is 6.55. The molecule has 0 aliphatic heterocycles. The summed E-state index contributed by atoms with van der Waals surface area (Å²) in [5, 5.41) is 9.80. The summed E-state index contributed by atoms with van der Waals surface area (Å²) in [5.74, 6) is 2.55. The highest BCUT2D eigenvalue weighted by Gasteiger charge is 2.52. The van der Waals surface area contributed by atoms with Crippen LogP contribution in [-0.2, 0) is 23.2 Å². The Morgan fingerprint density at radius 2 is 1.68 bits per heavy atom. The molecular formula is C34H35ClO3. The zero-order valence-corrected chi connectivity index (χ0v) is 22.7. The van der Waals surface area contributed by atoms with Crippen molar-refractivity contribution in [2.75, 3.05) is 0 Å². The molecule has 4 fully saturated rings. The predicted molar refractivity (Wildman–Crippen MR) is 154 cm³/mol.